The van der Waals surface area contributed by atoms with Crippen LogP contribution in [0.15, 0.2) is 41.8 Å². The smallest absolute Gasteiger partial charge is 0.160 e. The van der Waals surface area contributed by atoms with Crippen molar-refractivity contribution in [2.45, 2.75) is 20.3 Å². The molecule has 1 nitrogen and oxygen atoms in total. The average Bonchev–Trinajstić information content (AvgIpc) is 3.17. The van der Waals surface area contributed by atoms with Crippen molar-refractivity contribution in [1.29, 1.82) is 0 Å². The summed E-state index contributed by atoms with van der Waals surface area (Å²) < 4.78 is 0. The monoisotopic (exact) mass is 312 g/mol. The van der Waals surface area contributed by atoms with Crippen molar-refractivity contribution >= 4 is 29.0 Å². The third kappa shape index (κ3) is 2.71. The Hall–Kier alpha value is -1.71. The molecule has 3 heteroatoms. The maximum atomic E-state index is 10.9. The lowest BCUT2D eigenvalue weighted by atomic mass is 9.95. The molecule has 0 radical (unpaired) electrons. The van der Waals surface area contributed by atoms with Crippen molar-refractivity contribution < 1.29 is 4.79 Å². The Labute approximate surface area is 132 Å². The standard InChI is InChI=1S/C18H16OS2/c1-3-13-10-14(16-5-4-8-20-16)9-12(2)18(13)17-7-6-15(11-19)21-17/h4-11H,3H2,1-2H3. The molecule has 0 saturated carbocycles. The molecule has 0 bridgehead atoms. The number of carbonyl (C=O) groups excluding carboxylic acids is 1. The number of benzene rings is 1. The van der Waals surface area contributed by atoms with Gasteiger partial charge in [0.2, 0.25) is 0 Å². The van der Waals surface area contributed by atoms with Crippen LogP contribution in [0.4, 0.5) is 0 Å². The Kier molecular flexibility index (Phi) is 4.04. The summed E-state index contributed by atoms with van der Waals surface area (Å²) >= 11 is 3.34. The van der Waals surface area contributed by atoms with E-state index in [1.807, 2.05) is 6.07 Å². The highest BCUT2D eigenvalue weighted by molar-refractivity contribution is 7.17. The molecule has 2 heterocycles. The minimum Gasteiger partial charge on any atom is -0.297 e. The fraction of sp³-hybridized carbons (Fsp3) is 0.167. The molecule has 0 spiro atoms. The second-order valence-corrected chi connectivity index (χ2v) is 7.04. The van der Waals surface area contributed by atoms with Crippen molar-refractivity contribution in [1.82, 2.24) is 0 Å². The maximum absolute atomic E-state index is 10.9. The van der Waals surface area contributed by atoms with Gasteiger partial charge in [0.05, 0.1) is 4.88 Å². The van der Waals surface area contributed by atoms with E-state index in [2.05, 4.69) is 49.6 Å². The normalized spacial score (nSPS) is 10.8. The molecule has 3 rings (SSSR count). The minimum atomic E-state index is 0.786. The first kappa shape index (κ1) is 14.2. The van der Waals surface area contributed by atoms with Crippen molar-refractivity contribution in [3.05, 3.63) is 57.8 Å². The van der Waals surface area contributed by atoms with E-state index < -0.39 is 0 Å². The molecule has 106 valence electrons. The highest BCUT2D eigenvalue weighted by Crippen LogP contribution is 2.37. The third-order valence-corrected chi connectivity index (χ3v) is 5.54. The fourth-order valence-electron chi connectivity index (χ4n) is 2.63. The lowest BCUT2D eigenvalue weighted by Gasteiger charge is -2.12. The van der Waals surface area contributed by atoms with E-state index in [0.717, 1.165) is 17.6 Å². The van der Waals surface area contributed by atoms with Crippen molar-refractivity contribution in [3.63, 3.8) is 0 Å². The molecule has 0 aliphatic heterocycles. The molecule has 2 aromatic heterocycles. The number of thiophene rings is 2. The maximum Gasteiger partial charge on any atom is 0.160 e. The molecule has 3 aromatic rings. The van der Waals surface area contributed by atoms with Gasteiger partial charge in [-0.15, -0.1) is 22.7 Å². The predicted molar refractivity (Wildman–Crippen MR) is 92.6 cm³/mol. The van der Waals surface area contributed by atoms with E-state index in [1.54, 1.807) is 22.7 Å². The van der Waals surface area contributed by atoms with Crippen LogP contribution in [-0.4, -0.2) is 6.29 Å². The van der Waals surface area contributed by atoms with E-state index in [9.17, 15) is 4.79 Å². The molecule has 0 atom stereocenters. The number of aldehydes is 1. The SMILES string of the molecule is CCc1cc(-c2cccs2)cc(C)c1-c1ccc(C=O)s1. The molecule has 0 N–H and O–H groups in total. The molecular weight excluding hydrogens is 296 g/mol. The fourth-order valence-corrected chi connectivity index (χ4v) is 4.31. The molecule has 0 aliphatic rings. The first-order valence-corrected chi connectivity index (χ1v) is 8.65. The summed E-state index contributed by atoms with van der Waals surface area (Å²) in [6, 6.07) is 12.7. The van der Waals surface area contributed by atoms with Crippen LogP contribution in [0.2, 0.25) is 0 Å². The Morgan fingerprint density at radius 3 is 2.62 bits per heavy atom. The van der Waals surface area contributed by atoms with Crippen LogP contribution in [0.3, 0.4) is 0 Å². The molecule has 0 saturated heterocycles. The summed E-state index contributed by atoms with van der Waals surface area (Å²) in [5, 5.41) is 2.11. The van der Waals surface area contributed by atoms with Gasteiger partial charge in [0.25, 0.3) is 0 Å². The molecule has 0 unspecified atom stereocenters. The first-order valence-electron chi connectivity index (χ1n) is 6.95. The largest absolute Gasteiger partial charge is 0.297 e. The zero-order valence-corrected chi connectivity index (χ0v) is 13.7. The van der Waals surface area contributed by atoms with Gasteiger partial charge in [0, 0.05) is 9.75 Å². The highest BCUT2D eigenvalue weighted by atomic mass is 32.1. The highest BCUT2D eigenvalue weighted by Gasteiger charge is 2.12. The number of aryl methyl sites for hydroxylation is 2. The topological polar surface area (TPSA) is 17.1 Å². The first-order chi connectivity index (χ1) is 10.2. The van der Waals surface area contributed by atoms with Crippen molar-refractivity contribution in [3.8, 4) is 20.9 Å². The average molecular weight is 312 g/mol. The van der Waals surface area contributed by atoms with E-state index in [-0.39, 0.29) is 0 Å². The zero-order chi connectivity index (χ0) is 14.8. The van der Waals surface area contributed by atoms with Crippen LogP contribution in [0.5, 0.6) is 0 Å². The van der Waals surface area contributed by atoms with Crippen LogP contribution in [-0.2, 0) is 6.42 Å². The van der Waals surface area contributed by atoms with Crippen LogP contribution < -0.4 is 0 Å². The van der Waals surface area contributed by atoms with Gasteiger partial charge in [-0.1, -0.05) is 13.0 Å². The number of hydrogen-bond donors (Lipinski definition) is 0. The number of hydrogen-bond acceptors (Lipinski definition) is 3. The Bertz CT molecular complexity index is 767. The van der Waals surface area contributed by atoms with Crippen LogP contribution in [0.1, 0.15) is 27.7 Å². The summed E-state index contributed by atoms with van der Waals surface area (Å²) in [5.41, 5.74) is 5.20. The van der Waals surface area contributed by atoms with Crippen LogP contribution in [0.25, 0.3) is 20.9 Å². The summed E-state index contributed by atoms with van der Waals surface area (Å²) in [7, 11) is 0. The molecule has 0 amide bonds. The lowest BCUT2D eigenvalue weighted by molar-refractivity contribution is 0.112. The van der Waals surface area contributed by atoms with Crippen molar-refractivity contribution in [2.24, 2.45) is 0 Å². The number of carbonyl (C=O) groups is 1. The van der Waals surface area contributed by atoms with E-state index in [0.29, 0.717) is 0 Å². The van der Waals surface area contributed by atoms with Gasteiger partial charge >= 0.3 is 0 Å². The van der Waals surface area contributed by atoms with Gasteiger partial charge in [-0.25, -0.2) is 0 Å². The van der Waals surface area contributed by atoms with Crippen molar-refractivity contribution in [2.75, 3.05) is 0 Å². The Balaban J connectivity index is 2.15. The van der Waals surface area contributed by atoms with Gasteiger partial charge in [0.15, 0.2) is 6.29 Å². The number of rotatable bonds is 4. The van der Waals surface area contributed by atoms with Gasteiger partial charge < -0.3 is 0 Å². The zero-order valence-electron chi connectivity index (χ0n) is 12.1. The lowest BCUT2D eigenvalue weighted by Crippen LogP contribution is -1.91. The molecule has 21 heavy (non-hydrogen) atoms. The van der Waals surface area contributed by atoms with E-state index in [1.165, 1.54) is 32.0 Å². The van der Waals surface area contributed by atoms with Crippen LogP contribution >= 0.6 is 22.7 Å². The van der Waals surface area contributed by atoms with Gasteiger partial charge in [-0.05, 0) is 71.3 Å². The van der Waals surface area contributed by atoms with Gasteiger partial charge in [0.1, 0.15) is 0 Å². The molecule has 0 aliphatic carbocycles. The minimum absolute atomic E-state index is 0.786. The van der Waals surface area contributed by atoms with Gasteiger partial charge in [-0.3, -0.25) is 4.79 Å². The Morgan fingerprint density at radius 1 is 1.14 bits per heavy atom. The van der Waals surface area contributed by atoms with Crippen LogP contribution in [0, 0.1) is 6.92 Å². The van der Waals surface area contributed by atoms with Gasteiger partial charge in [-0.2, -0.15) is 0 Å². The summed E-state index contributed by atoms with van der Waals surface area (Å²) in [5.74, 6) is 0. The van der Waals surface area contributed by atoms with E-state index >= 15 is 0 Å². The van der Waals surface area contributed by atoms with E-state index in [4.69, 9.17) is 0 Å². The molecule has 0 fully saturated rings. The second kappa shape index (κ2) is 5.96. The third-order valence-electron chi connectivity index (χ3n) is 3.59. The Morgan fingerprint density at radius 2 is 2.00 bits per heavy atom. The molecular formula is C18H16OS2. The summed E-state index contributed by atoms with van der Waals surface area (Å²) in [6.07, 6.45) is 1.92. The summed E-state index contributed by atoms with van der Waals surface area (Å²) in [6.45, 7) is 4.34. The predicted octanol–water partition coefficient (Wildman–Crippen LogP) is 5.83. The molecule has 1 aromatic carbocycles. The second-order valence-electron chi connectivity index (χ2n) is 4.98. The summed E-state index contributed by atoms with van der Waals surface area (Å²) in [4.78, 5) is 14.2. The quantitative estimate of drug-likeness (QED) is 0.554.